The first kappa shape index (κ1) is 23.1. The third-order valence-corrected chi connectivity index (χ3v) is 3.29. The second-order valence-electron chi connectivity index (χ2n) is 5.71. The Balaban J connectivity index is 3.50. The average Bonchev–Trinajstić information content (AvgIpc) is 2.52. The van der Waals surface area contributed by atoms with E-state index in [4.69, 9.17) is 20.4 Å². The largest absolute Gasteiger partial charge is 0.478 e. The number of carboxylic acid groups (broad SMARTS) is 1. The Morgan fingerprint density at radius 1 is 0.680 bits per heavy atom. The number of rotatable bonds is 14. The van der Waals surface area contributed by atoms with Crippen LogP contribution in [0.15, 0.2) is 60.8 Å². The number of carbonyl (C=O) groups is 1. The van der Waals surface area contributed by atoms with Crippen molar-refractivity contribution >= 4 is 5.97 Å². The molecule has 0 radical (unpaired) electrons. The summed E-state index contributed by atoms with van der Waals surface area (Å²) in [7, 11) is 0. The van der Waals surface area contributed by atoms with Crippen LogP contribution < -0.4 is 0 Å². The molecule has 0 aromatic heterocycles. The van der Waals surface area contributed by atoms with E-state index < -0.39 is 11.9 Å². The number of aliphatic hydroxyl groups is 3. The van der Waals surface area contributed by atoms with Crippen molar-refractivity contribution in [3.05, 3.63) is 60.8 Å². The topological polar surface area (TPSA) is 98.0 Å². The van der Waals surface area contributed by atoms with E-state index in [1.54, 1.807) is 12.2 Å². The highest BCUT2D eigenvalue weighted by Crippen LogP contribution is 2.12. The van der Waals surface area contributed by atoms with E-state index in [0.717, 1.165) is 44.6 Å². The molecule has 0 aliphatic rings. The van der Waals surface area contributed by atoms with Crippen LogP contribution in [0.25, 0.3) is 0 Å². The lowest BCUT2D eigenvalue weighted by molar-refractivity contribution is -0.315. The molecule has 0 amide bonds. The molecule has 5 heteroatoms. The van der Waals surface area contributed by atoms with E-state index in [1.807, 2.05) is 30.4 Å². The van der Waals surface area contributed by atoms with Gasteiger partial charge in [-0.3, -0.25) is 0 Å². The highest BCUT2D eigenvalue weighted by Gasteiger charge is 2.16. The van der Waals surface area contributed by atoms with Crippen molar-refractivity contribution in [1.82, 2.24) is 0 Å². The first-order valence-corrected chi connectivity index (χ1v) is 8.65. The van der Waals surface area contributed by atoms with Gasteiger partial charge in [0.1, 0.15) is 0 Å². The quantitative estimate of drug-likeness (QED) is 0.166. The first-order valence-electron chi connectivity index (χ1n) is 8.65. The third-order valence-electron chi connectivity index (χ3n) is 3.29. The molecule has 0 bridgehead atoms. The molecule has 25 heavy (non-hydrogen) atoms. The fraction of sp³-hybridized carbons (Fsp3) is 0.450. The second kappa shape index (κ2) is 15.6. The van der Waals surface area contributed by atoms with Gasteiger partial charge in [0.2, 0.25) is 0 Å². The molecule has 0 spiro atoms. The standard InChI is InChI=1S/C20H30O5/c21-19(22)17-15-13-11-9-7-5-3-1-2-4-6-8-10-12-14-16-18-20(23,24)25/h1-3,5,7,9,11,13,15,17,23-25H,4,6,8,10,12,14,16,18H2,(H,21,22). The van der Waals surface area contributed by atoms with Gasteiger partial charge in [0.05, 0.1) is 0 Å². The van der Waals surface area contributed by atoms with Crippen molar-refractivity contribution in [2.75, 3.05) is 0 Å². The minimum atomic E-state index is -2.51. The van der Waals surface area contributed by atoms with Crippen LogP contribution in [-0.2, 0) is 4.79 Å². The summed E-state index contributed by atoms with van der Waals surface area (Å²) in [6.07, 6.45) is 24.6. The zero-order chi connectivity index (χ0) is 18.8. The fourth-order valence-electron chi connectivity index (χ4n) is 2.03. The molecule has 0 saturated heterocycles. The molecule has 0 atom stereocenters. The molecule has 0 rings (SSSR count). The molecular formula is C20H30O5. The van der Waals surface area contributed by atoms with Crippen LogP contribution in [0.2, 0.25) is 0 Å². The van der Waals surface area contributed by atoms with Gasteiger partial charge in [0.25, 0.3) is 5.97 Å². The predicted molar refractivity (Wildman–Crippen MR) is 99.7 cm³/mol. The predicted octanol–water partition coefficient (Wildman–Crippen LogP) is 3.60. The monoisotopic (exact) mass is 350 g/mol. The van der Waals surface area contributed by atoms with Crippen LogP contribution in [0, 0.1) is 0 Å². The van der Waals surface area contributed by atoms with Gasteiger partial charge in [-0.2, -0.15) is 0 Å². The molecule has 0 aliphatic heterocycles. The van der Waals surface area contributed by atoms with Gasteiger partial charge >= 0.3 is 5.97 Å². The van der Waals surface area contributed by atoms with Gasteiger partial charge in [-0.05, 0) is 19.3 Å². The molecule has 0 fully saturated rings. The Morgan fingerprint density at radius 2 is 1.16 bits per heavy atom. The van der Waals surface area contributed by atoms with Gasteiger partial charge in [-0.1, -0.05) is 80.4 Å². The normalized spacial score (nSPS) is 13.4. The number of hydrogen-bond donors (Lipinski definition) is 4. The number of unbranched alkanes of at least 4 members (excludes halogenated alkanes) is 6. The van der Waals surface area contributed by atoms with Crippen LogP contribution in [-0.4, -0.2) is 32.4 Å². The number of carboxylic acids is 1. The van der Waals surface area contributed by atoms with Crippen LogP contribution in [0.3, 0.4) is 0 Å². The minimum absolute atomic E-state index is 0.00530. The van der Waals surface area contributed by atoms with Crippen molar-refractivity contribution in [3.8, 4) is 0 Å². The van der Waals surface area contributed by atoms with E-state index in [2.05, 4.69) is 6.08 Å². The van der Waals surface area contributed by atoms with E-state index in [0.29, 0.717) is 6.42 Å². The lowest BCUT2D eigenvalue weighted by Crippen LogP contribution is -2.26. The van der Waals surface area contributed by atoms with Gasteiger partial charge in [0, 0.05) is 12.5 Å². The van der Waals surface area contributed by atoms with E-state index >= 15 is 0 Å². The SMILES string of the molecule is O=C(O)C=CC=CC=CC=CC=CCCCCCCCCC(O)(O)O. The first-order chi connectivity index (χ1) is 11.9. The van der Waals surface area contributed by atoms with Crippen LogP contribution in [0.4, 0.5) is 0 Å². The highest BCUT2D eigenvalue weighted by atomic mass is 16.7. The maximum atomic E-state index is 10.2. The fourth-order valence-corrected chi connectivity index (χ4v) is 2.03. The van der Waals surface area contributed by atoms with Gasteiger partial charge < -0.3 is 20.4 Å². The molecule has 0 heterocycles. The Labute approximate surface area is 150 Å². The maximum Gasteiger partial charge on any atom is 0.328 e. The molecule has 5 nitrogen and oxygen atoms in total. The van der Waals surface area contributed by atoms with Gasteiger partial charge in [-0.15, -0.1) is 0 Å². The Bertz CT molecular complexity index is 479. The lowest BCUT2D eigenvalue weighted by Gasteiger charge is -2.12. The maximum absolute atomic E-state index is 10.2. The summed E-state index contributed by atoms with van der Waals surface area (Å²) in [5.74, 6) is -3.47. The van der Waals surface area contributed by atoms with Gasteiger partial charge in [0.15, 0.2) is 0 Å². The Morgan fingerprint density at radius 3 is 1.72 bits per heavy atom. The molecule has 0 unspecified atom stereocenters. The van der Waals surface area contributed by atoms with Crippen molar-refractivity contribution in [2.24, 2.45) is 0 Å². The molecule has 0 aromatic rings. The summed E-state index contributed by atoms with van der Waals surface area (Å²) in [4.78, 5) is 10.2. The second-order valence-corrected chi connectivity index (χ2v) is 5.71. The Hall–Kier alpha value is -1.95. The summed E-state index contributed by atoms with van der Waals surface area (Å²) in [5.41, 5.74) is 0. The highest BCUT2D eigenvalue weighted by molar-refractivity contribution is 5.80. The van der Waals surface area contributed by atoms with Crippen LogP contribution in [0.5, 0.6) is 0 Å². The van der Waals surface area contributed by atoms with E-state index in [9.17, 15) is 4.79 Å². The molecular weight excluding hydrogens is 320 g/mol. The minimum Gasteiger partial charge on any atom is -0.478 e. The average molecular weight is 350 g/mol. The van der Waals surface area contributed by atoms with Gasteiger partial charge in [-0.25, -0.2) is 4.79 Å². The number of aliphatic carboxylic acids is 1. The summed E-state index contributed by atoms with van der Waals surface area (Å²) < 4.78 is 0. The summed E-state index contributed by atoms with van der Waals surface area (Å²) in [5, 5.41) is 34.6. The number of allylic oxidation sites excluding steroid dienone is 9. The summed E-state index contributed by atoms with van der Waals surface area (Å²) in [6.45, 7) is 0. The van der Waals surface area contributed by atoms with Crippen LogP contribution >= 0.6 is 0 Å². The van der Waals surface area contributed by atoms with Crippen molar-refractivity contribution < 1.29 is 25.2 Å². The van der Waals surface area contributed by atoms with Crippen LogP contribution in [0.1, 0.15) is 51.4 Å². The van der Waals surface area contributed by atoms with E-state index in [1.165, 1.54) is 6.08 Å². The zero-order valence-corrected chi connectivity index (χ0v) is 14.6. The summed E-state index contributed by atoms with van der Waals surface area (Å²) >= 11 is 0. The van der Waals surface area contributed by atoms with Crippen molar-refractivity contribution in [2.45, 2.75) is 57.3 Å². The molecule has 140 valence electrons. The smallest absolute Gasteiger partial charge is 0.328 e. The van der Waals surface area contributed by atoms with Crippen molar-refractivity contribution in [3.63, 3.8) is 0 Å². The Kier molecular flexibility index (Phi) is 14.4. The molecule has 4 N–H and O–H groups in total. The third kappa shape index (κ3) is 22.1. The molecule has 0 aliphatic carbocycles. The van der Waals surface area contributed by atoms with E-state index in [-0.39, 0.29) is 6.42 Å². The lowest BCUT2D eigenvalue weighted by atomic mass is 10.1. The summed E-state index contributed by atoms with van der Waals surface area (Å²) in [6, 6.07) is 0. The van der Waals surface area contributed by atoms with Crippen molar-refractivity contribution in [1.29, 1.82) is 0 Å². The zero-order valence-electron chi connectivity index (χ0n) is 14.6. The molecule has 0 saturated carbocycles. The molecule has 0 aromatic carbocycles. The number of hydrogen-bond acceptors (Lipinski definition) is 4.